The smallest absolute Gasteiger partial charge is 0.251 e. The first-order valence-corrected chi connectivity index (χ1v) is 14.0. The number of carbonyl (C=O) groups is 1. The van der Waals surface area contributed by atoms with Gasteiger partial charge in [-0.3, -0.25) is 9.78 Å². The van der Waals surface area contributed by atoms with Gasteiger partial charge >= 0.3 is 0 Å². The van der Waals surface area contributed by atoms with E-state index in [4.69, 9.17) is 4.74 Å². The van der Waals surface area contributed by atoms with E-state index in [0.717, 1.165) is 11.1 Å². The predicted octanol–water partition coefficient (Wildman–Crippen LogP) is 4.33. The summed E-state index contributed by atoms with van der Waals surface area (Å²) in [5, 5.41) is 13.0. The van der Waals surface area contributed by atoms with Crippen molar-refractivity contribution in [1.29, 1.82) is 0 Å². The van der Waals surface area contributed by atoms with Gasteiger partial charge in [0.2, 0.25) is 10.0 Å². The fourth-order valence-electron chi connectivity index (χ4n) is 3.99. The van der Waals surface area contributed by atoms with Gasteiger partial charge in [0.25, 0.3) is 5.91 Å². The second kappa shape index (κ2) is 13.1. The second-order valence-corrected chi connectivity index (χ2v) is 10.8. The molecule has 0 aliphatic rings. The van der Waals surface area contributed by atoms with Crippen LogP contribution in [0.25, 0.3) is 0 Å². The maximum absolute atomic E-state index is 13.6. The highest BCUT2D eigenvalue weighted by Gasteiger charge is 2.25. The third kappa shape index (κ3) is 7.51. The molecule has 1 amide bonds. The molecule has 9 heteroatoms. The highest BCUT2D eigenvalue weighted by molar-refractivity contribution is 7.89. The Bertz CT molecular complexity index is 1450. The lowest BCUT2D eigenvalue weighted by Gasteiger charge is -2.23. The van der Waals surface area contributed by atoms with Crippen LogP contribution in [0.15, 0.2) is 108 Å². The Morgan fingerprint density at radius 2 is 1.62 bits per heavy atom. The van der Waals surface area contributed by atoms with Crippen LogP contribution in [0.2, 0.25) is 0 Å². The Morgan fingerprint density at radius 1 is 0.923 bits per heavy atom. The van der Waals surface area contributed by atoms with Gasteiger partial charge in [0.05, 0.1) is 17.6 Å². The number of nitrogens with zero attached hydrogens (tertiary/aromatic N) is 2. The molecular formula is C30H31N3O5S. The monoisotopic (exact) mass is 545 g/mol. The number of rotatable bonds is 12. The van der Waals surface area contributed by atoms with Crippen LogP contribution < -0.4 is 10.1 Å². The molecule has 4 rings (SSSR count). The number of hydrogen-bond acceptors (Lipinski definition) is 6. The average molecular weight is 546 g/mol. The van der Waals surface area contributed by atoms with Crippen molar-refractivity contribution in [1.82, 2.24) is 14.6 Å². The molecule has 0 aliphatic carbocycles. The zero-order valence-electron chi connectivity index (χ0n) is 21.6. The number of nitrogens with one attached hydrogen (secondary N) is 1. The number of pyridine rings is 1. The summed E-state index contributed by atoms with van der Waals surface area (Å²) in [6.07, 6.45) is 2.46. The van der Waals surface area contributed by atoms with Crippen molar-refractivity contribution < 1.29 is 23.1 Å². The molecule has 1 atom stereocenters. The number of hydrogen-bond donors (Lipinski definition) is 2. The Kier molecular flexibility index (Phi) is 9.43. The number of carbonyl (C=O) groups excluding carboxylic acids is 1. The topological polar surface area (TPSA) is 109 Å². The molecule has 0 saturated heterocycles. The third-order valence-electron chi connectivity index (χ3n) is 6.07. The largest absolute Gasteiger partial charge is 0.494 e. The highest BCUT2D eigenvalue weighted by Crippen LogP contribution is 2.23. The number of aromatic nitrogens is 1. The summed E-state index contributed by atoms with van der Waals surface area (Å²) >= 11 is 0. The summed E-state index contributed by atoms with van der Waals surface area (Å²) in [5.41, 5.74) is 2.59. The van der Waals surface area contributed by atoms with Crippen LogP contribution in [-0.2, 0) is 23.1 Å². The Balaban J connectivity index is 1.48. The number of sulfonamides is 1. The molecule has 0 saturated carbocycles. The number of amides is 1. The van der Waals surface area contributed by atoms with Crippen molar-refractivity contribution in [2.24, 2.45) is 0 Å². The molecule has 39 heavy (non-hydrogen) atoms. The molecule has 0 radical (unpaired) electrons. The van der Waals surface area contributed by atoms with Gasteiger partial charge in [-0.25, -0.2) is 8.42 Å². The van der Waals surface area contributed by atoms with Crippen LogP contribution in [0.5, 0.6) is 5.75 Å². The summed E-state index contributed by atoms with van der Waals surface area (Å²) in [6.45, 7) is 2.65. The van der Waals surface area contributed by atoms with Gasteiger partial charge in [-0.05, 0) is 66.1 Å². The first-order chi connectivity index (χ1) is 18.9. The molecule has 1 unspecified atom stereocenters. The minimum atomic E-state index is -3.86. The molecule has 1 heterocycles. The molecule has 0 bridgehead atoms. The van der Waals surface area contributed by atoms with Gasteiger partial charge < -0.3 is 15.2 Å². The van der Waals surface area contributed by atoms with Crippen LogP contribution >= 0.6 is 0 Å². The van der Waals surface area contributed by atoms with Crippen LogP contribution in [0, 0.1) is 0 Å². The SMILES string of the molecule is CCOc1ccc(S(=O)(=O)N(Cc2ccc(C(=O)NCC(O)c3ccccc3)cc2)Cc2cccnc2)cc1. The van der Waals surface area contributed by atoms with Gasteiger partial charge in [0, 0.05) is 37.6 Å². The molecule has 4 aromatic rings. The summed E-state index contributed by atoms with van der Waals surface area (Å²) in [4.78, 5) is 16.9. The van der Waals surface area contributed by atoms with Crippen molar-refractivity contribution in [2.75, 3.05) is 13.2 Å². The molecule has 0 aliphatic heterocycles. The van der Waals surface area contributed by atoms with E-state index in [1.807, 2.05) is 31.2 Å². The lowest BCUT2D eigenvalue weighted by atomic mass is 10.1. The minimum Gasteiger partial charge on any atom is -0.494 e. The average Bonchev–Trinajstić information content (AvgIpc) is 2.97. The van der Waals surface area contributed by atoms with E-state index in [-0.39, 0.29) is 30.4 Å². The molecule has 202 valence electrons. The predicted molar refractivity (Wildman–Crippen MR) is 148 cm³/mol. The highest BCUT2D eigenvalue weighted by atomic mass is 32.2. The number of ether oxygens (including phenoxy) is 1. The maximum Gasteiger partial charge on any atom is 0.251 e. The lowest BCUT2D eigenvalue weighted by molar-refractivity contribution is 0.0916. The molecule has 1 aromatic heterocycles. The molecular weight excluding hydrogens is 514 g/mol. The van der Waals surface area contributed by atoms with Crippen LogP contribution in [0.3, 0.4) is 0 Å². The van der Waals surface area contributed by atoms with E-state index in [9.17, 15) is 18.3 Å². The van der Waals surface area contributed by atoms with E-state index in [2.05, 4.69) is 10.3 Å². The Labute approximate surface area is 229 Å². The van der Waals surface area contributed by atoms with E-state index in [1.54, 1.807) is 67.0 Å². The van der Waals surface area contributed by atoms with Crippen molar-refractivity contribution in [3.63, 3.8) is 0 Å². The van der Waals surface area contributed by atoms with E-state index in [1.165, 1.54) is 16.4 Å². The fraction of sp³-hybridized carbons (Fsp3) is 0.200. The van der Waals surface area contributed by atoms with Gasteiger partial charge in [-0.1, -0.05) is 48.5 Å². The second-order valence-electron chi connectivity index (χ2n) is 8.87. The fourth-order valence-corrected chi connectivity index (χ4v) is 5.41. The summed E-state index contributed by atoms with van der Waals surface area (Å²) in [7, 11) is -3.86. The zero-order valence-corrected chi connectivity index (χ0v) is 22.4. The molecule has 3 aromatic carbocycles. The van der Waals surface area contributed by atoms with E-state index in [0.29, 0.717) is 23.5 Å². The summed E-state index contributed by atoms with van der Waals surface area (Å²) in [5.74, 6) is 0.270. The quantitative estimate of drug-likeness (QED) is 0.274. The summed E-state index contributed by atoms with van der Waals surface area (Å²) in [6, 6.07) is 25.8. The maximum atomic E-state index is 13.6. The van der Waals surface area contributed by atoms with Crippen LogP contribution in [-0.4, -0.2) is 41.9 Å². The lowest BCUT2D eigenvalue weighted by Crippen LogP contribution is -2.30. The van der Waals surface area contributed by atoms with E-state index < -0.39 is 16.1 Å². The summed E-state index contributed by atoms with van der Waals surface area (Å²) < 4.78 is 34.1. The minimum absolute atomic E-state index is 0.0732. The van der Waals surface area contributed by atoms with Crippen molar-refractivity contribution >= 4 is 15.9 Å². The van der Waals surface area contributed by atoms with Crippen LogP contribution in [0.1, 0.15) is 40.1 Å². The number of benzene rings is 3. The van der Waals surface area contributed by atoms with Crippen molar-refractivity contribution in [2.45, 2.75) is 31.0 Å². The van der Waals surface area contributed by atoms with Gasteiger partial charge in [-0.15, -0.1) is 0 Å². The molecule has 0 fully saturated rings. The molecule has 0 spiro atoms. The van der Waals surface area contributed by atoms with Gasteiger partial charge in [0.15, 0.2) is 0 Å². The van der Waals surface area contributed by atoms with Crippen molar-refractivity contribution in [3.8, 4) is 5.75 Å². The Morgan fingerprint density at radius 3 is 2.26 bits per heavy atom. The molecule has 2 N–H and O–H groups in total. The first-order valence-electron chi connectivity index (χ1n) is 12.6. The van der Waals surface area contributed by atoms with Gasteiger partial charge in [-0.2, -0.15) is 4.31 Å². The standard InChI is InChI=1S/C30H31N3O5S/c1-2-38-27-14-16-28(17-15-27)39(36,37)33(22-24-7-6-18-31-19-24)21-23-10-12-26(13-11-23)30(35)32-20-29(34)25-8-4-3-5-9-25/h3-19,29,34H,2,20-22H2,1H3,(H,32,35). The third-order valence-corrected chi connectivity index (χ3v) is 7.88. The van der Waals surface area contributed by atoms with Crippen LogP contribution in [0.4, 0.5) is 0 Å². The number of aliphatic hydroxyl groups excluding tert-OH is 1. The molecule has 8 nitrogen and oxygen atoms in total. The number of aliphatic hydroxyl groups is 1. The first kappa shape index (κ1) is 28.0. The van der Waals surface area contributed by atoms with Gasteiger partial charge in [0.1, 0.15) is 5.75 Å². The Hall–Kier alpha value is -4.05. The van der Waals surface area contributed by atoms with E-state index >= 15 is 0 Å². The normalized spacial score (nSPS) is 12.2. The zero-order chi connectivity index (χ0) is 27.7. The van der Waals surface area contributed by atoms with Crippen molar-refractivity contribution in [3.05, 3.63) is 126 Å².